The summed E-state index contributed by atoms with van der Waals surface area (Å²) in [7, 11) is 1.77. The minimum absolute atomic E-state index is 0.0973. The van der Waals surface area contributed by atoms with Crippen molar-refractivity contribution < 1.29 is 9.90 Å². The molecule has 1 fully saturated rings. The normalized spacial score (nSPS) is 19.0. The Morgan fingerprint density at radius 2 is 2.14 bits per heavy atom. The Labute approximate surface area is 129 Å². The molecule has 116 valence electrons. The van der Waals surface area contributed by atoms with Crippen molar-refractivity contribution in [1.29, 1.82) is 0 Å². The Hall–Kier alpha value is -2.18. The lowest BCUT2D eigenvalue weighted by atomic mass is 10.1. The first-order valence-electron chi connectivity index (χ1n) is 7.42. The van der Waals surface area contributed by atoms with E-state index in [1.165, 1.54) is 0 Å². The third kappa shape index (κ3) is 3.03. The summed E-state index contributed by atoms with van der Waals surface area (Å²) in [6.07, 6.45) is -0.534. The van der Waals surface area contributed by atoms with E-state index in [4.69, 9.17) is 0 Å². The average molecular weight is 300 g/mol. The second-order valence-electron chi connectivity index (χ2n) is 5.51. The van der Waals surface area contributed by atoms with E-state index in [1.54, 1.807) is 16.6 Å². The number of nitrogens with zero attached hydrogens (tertiary/aromatic N) is 3. The van der Waals surface area contributed by atoms with Crippen LogP contribution in [-0.2, 0) is 7.05 Å². The molecule has 22 heavy (non-hydrogen) atoms. The monoisotopic (exact) mass is 300 g/mol. The van der Waals surface area contributed by atoms with Crippen LogP contribution >= 0.6 is 0 Å². The molecule has 0 bridgehead atoms. The number of aliphatic hydroxyl groups excluding tert-OH is 1. The smallest absolute Gasteiger partial charge is 0.272 e. The highest BCUT2D eigenvalue weighted by molar-refractivity contribution is 5.93. The molecule has 2 heterocycles. The van der Waals surface area contributed by atoms with Gasteiger partial charge in [-0.05, 0) is 6.07 Å². The minimum Gasteiger partial charge on any atom is -0.390 e. The van der Waals surface area contributed by atoms with Crippen molar-refractivity contribution in [1.82, 2.24) is 20.0 Å². The number of rotatable bonds is 2. The van der Waals surface area contributed by atoms with Crippen molar-refractivity contribution in [3.63, 3.8) is 0 Å². The number of aryl methyl sites for hydroxylation is 1. The molecule has 1 aromatic heterocycles. The third-order valence-electron chi connectivity index (χ3n) is 3.83. The number of aliphatic hydroxyl groups is 1. The predicted octanol–water partition coefficient (Wildman–Crippen LogP) is 0.493. The van der Waals surface area contributed by atoms with Crippen LogP contribution in [0.25, 0.3) is 11.3 Å². The van der Waals surface area contributed by atoms with Crippen LogP contribution in [0, 0.1) is 0 Å². The van der Waals surface area contributed by atoms with Crippen LogP contribution in [0.4, 0.5) is 0 Å². The van der Waals surface area contributed by atoms with Gasteiger partial charge < -0.3 is 15.3 Å². The summed E-state index contributed by atoms with van der Waals surface area (Å²) in [5.41, 5.74) is 2.29. The number of nitrogens with one attached hydrogen (secondary N) is 1. The molecule has 1 aromatic carbocycles. The van der Waals surface area contributed by atoms with E-state index in [0.29, 0.717) is 31.9 Å². The summed E-state index contributed by atoms with van der Waals surface area (Å²) in [6, 6.07) is 11.6. The van der Waals surface area contributed by atoms with Crippen molar-refractivity contribution in [2.45, 2.75) is 6.10 Å². The molecule has 0 saturated carbocycles. The summed E-state index contributed by atoms with van der Waals surface area (Å²) in [6.45, 7) is 2.13. The zero-order chi connectivity index (χ0) is 15.5. The molecule has 1 amide bonds. The van der Waals surface area contributed by atoms with E-state index in [2.05, 4.69) is 10.4 Å². The molecule has 1 aliphatic heterocycles. The Morgan fingerprint density at radius 1 is 1.36 bits per heavy atom. The van der Waals surface area contributed by atoms with E-state index in [9.17, 15) is 9.90 Å². The molecule has 2 N–H and O–H groups in total. The fourth-order valence-electron chi connectivity index (χ4n) is 2.66. The third-order valence-corrected chi connectivity index (χ3v) is 3.83. The number of hydrogen-bond donors (Lipinski definition) is 2. The van der Waals surface area contributed by atoms with Gasteiger partial charge in [0.25, 0.3) is 5.91 Å². The van der Waals surface area contributed by atoms with Crippen molar-refractivity contribution >= 4 is 5.91 Å². The van der Waals surface area contributed by atoms with Crippen LogP contribution in [0.5, 0.6) is 0 Å². The Balaban J connectivity index is 1.85. The number of amides is 1. The van der Waals surface area contributed by atoms with Crippen molar-refractivity contribution in [2.24, 2.45) is 7.05 Å². The number of carbonyl (C=O) groups excluding carboxylic acids is 1. The summed E-state index contributed by atoms with van der Waals surface area (Å²) in [5, 5.41) is 17.4. The molecule has 1 unspecified atom stereocenters. The number of β-amino-alcohol motifs (C(OH)–C–C–N with tert-alkyl or cyclic N) is 1. The molecular formula is C16H20N4O2. The summed E-state index contributed by atoms with van der Waals surface area (Å²) < 4.78 is 1.61. The first-order valence-corrected chi connectivity index (χ1v) is 7.42. The quantitative estimate of drug-likeness (QED) is 0.847. The fraction of sp³-hybridized carbons (Fsp3) is 0.375. The molecule has 6 nitrogen and oxygen atoms in total. The van der Waals surface area contributed by atoms with Crippen LogP contribution in [0.1, 0.15) is 10.5 Å². The van der Waals surface area contributed by atoms with Gasteiger partial charge in [0.2, 0.25) is 0 Å². The molecule has 1 saturated heterocycles. The van der Waals surface area contributed by atoms with E-state index < -0.39 is 6.10 Å². The van der Waals surface area contributed by atoms with E-state index in [0.717, 1.165) is 11.3 Å². The highest BCUT2D eigenvalue weighted by Gasteiger charge is 2.24. The van der Waals surface area contributed by atoms with Crippen LogP contribution in [0.3, 0.4) is 0 Å². The van der Waals surface area contributed by atoms with E-state index >= 15 is 0 Å². The van der Waals surface area contributed by atoms with Crippen molar-refractivity contribution in [2.75, 3.05) is 26.2 Å². The number of benzene rings is 1. The first kappa shape index (κ1) is 14.7. The van der Waals surface area contributed by atoms with Gasteiger partial charge in [0, 0.05) is 38.8 Å². The lowest BCUT2D eigenvalue weighted by Crippen LogP contribution is -2.38. The Morgan fingerprint density at radius 3 is 2.91 bits per heavy atom. The van der Waals surface area contributed by atoms with Gasteiger partial charge in [0.05, 0.1) is 11.8 Å². The van der Waals surface area contributed by atoms with Crippen LogP contribution in [0.15, 0.2) is 36.4 Å². The zero-order valence-electron chi connectivity index (χ0n) is 12.6. The largest absolute Gasteiger partial charge is 0.390 e. The van der Waals surface area contributed by atoms with Crippen LogP contribution in [-0.4, -0.2) is 58.0 Å². The van der Waals surface area contributed by atoms with Gasteiger partial charge in [0.1, 0.15) is 5.69 Å². The van der Waals surface area contributed by atoms with Crippen molar-refractivity contribution in [3.05, 3.63) is 42.1 Å². The van der Waals surface area contributed by atoms with Gasteiger partial charge in [-0.2, -0.15) is 5.10 Å². The number of hydrogen-bond acceptors (Lipinski definition) is 4. The number of carbonyl (C=O) groups is 1. The number of aromatic nitrogens is 2. The minimum atomic E-state index is -0.534. The van der Waals surface area contributed by atoms with Crippen LogP contribution < -0.4 is 5.32 Å². The molecule has 1 aliphatic rings. The van der Waals surface area contributed by atoms with Gasteiger partial charge >= 0.3 is 0 Å². The fourth-order valence-corrected chi connectivity index (χ4v) is 2.66. The van der Waals surface area contributed by atoms with Crippen LogP contribution in [0.2, 0.25) is 0 Å². The molecule has 0 spiro atoms. The van der Waals surface area contributed by atoms with Gasteiger partial charge in [0.15, 0.2) is 0 Å². The van der Waals surface area contributed by atoms with E-state index in [1.807, 2.05) is 36.4 Å². The highest BCUT2D eigenvalue weighted by atomic mass is 16.3. The zero-order valence-corrected chi connectivity index (χ0v) is 12.6. The maximum Gasteiger partial charge on any atom is 0.272 e. The standard InChI is InChI=1S/C16H20N4O2/c1-19-15(9-14(18-19)12-5-3-2-4-6-12)16(22)20-8-7-17-10-13(21)11-20/h2-6,9,13,17,21H,7-8,10-11H2,1H3. The summed E-state index contributed by atoms with van der Waals surface area (Å²) >= 11 is 0. The average Bonchev–Trinajstić information content (AvgIpc) is 2.78. The molecule has 0 radical (unpaired) electrons. The Bertz CT molecular complexity index is 653. The highest BCUT2D eigenvalue weighted by Crippen LogP contribution is 2.19. The predicted molar refractivity (Wildman–Crippen MR) is 83.4 cm³/mol. The topological polar surface area (TPSA) is 70.4 Å². The maximum atomic E-state index is 12.7. The lowest BCUT2D eigenvalue weighted by Gasteiger charge is -2.21. The van der Waals surface area contributed by atoms with Crippen molar-refractivity contribution in [3.8, 4) is 11.3 Å². The SMILES string of the molecule is Cn1nc(-c2ccccc2)cc1C(=O)N1CCNCC(O)C1. The molecule has 2 aromatic rings. The van der Waals surface area contributed by atoms with E-state index in [-0.39, 0.29) is 5.91 Å². The second-order valence-corrected chi connectivity index (χ2v) is 5.51. The van der Waals surface area contributed by atoms with Gasteiger partial charge in [-0.1, -0.05) is 30.3 Å². The second kappa shape index (κ2) is 6.29. The van der Waals surface area contributed by atoms with Gasteiger partial charge in [-0.25, -0.2) is 0 Å². The van der Waals surface area contributed by atoms with Gasteiger partial charge in [-0.15, -0.1) is 0 Å². The molecule has 6 heteroatoms. The summed E-state index contributed by atoms with van der Waals surface area (Å²) in [4.78, 5) is 14.4. The lowest BCUT2D eigenvalue weighted by molar-refractivity contribution is 0.0662. The molecular weight excluding hydrogens is 280 g/mol. The summed E-state index contributed by atoms with van der Waals surface area (Å²) in [5.74, 6) is -0.0973. The Kier molecular flexibility index (Phi) is 4.22. The maximum absolute atomic E-state index is 12.7. The van der Waals surface area contributed by atoms with Gasteiger partial charge in [-0.3, -0.25) is 9.48 Å². The molecule has 3 rings (SSSR count). The molecule has 0 aliphatic carbocycles. The first-order chi connectivity index (χ1) is 10.6. The molecule has 1 atom stereocenters.